The van der Waals surface area contributed by atoms with Crippen LogP contribution in [0.15, 0.2) is 0 Å². The summed E-state index contributed by atoms with van der Waals surface area (Å²) in [5, 5.41) is 3.18. The van der Waals surface area contributed by atoms with Gasteiger partial charge in [0.15, 0.2) is 0 Å². The Morgan fingerprint density at radius 1 is 0.630 bits per heavy atom. The maximum Gasteiger partial charge on any atom is 0.410 e. The fraction of sp³-hybridized carbons (Fsp3) is 0.806. The van der Waals surface area contributed by atoms with Gasteiger partial charge in [0.05, 0.1) is 13.7 Å². The first-order chi connectivity index (χ1) is 21.5. The summed E-state index contributed by atoms with van der Waals surface area (Å²) in [4.78, 5) is 77.1. The molecular weight excluding hydrogens is 600 g/mol. The van der Waals surface area contributed by atoms with E-state index < -0.39 is 5.60 Å². The number of rotatable bonds is 4. The van der Waals surface area contributed by atoms with E-state index in [0.29, 0.717) is 52.1 Å². The van der Waals surface area contributed by atoms with Crippen molar-refractivity contribution < 1.29 is 43.0 Å². The molecule has 0 unspecified atom stereocenters. The van der Waals surface area contributed by atoms with Crippen LogP contribution in [-0.4, -0.2) is 157 Å². The van der Waals surface area contributed by atoms with Crippen LogP contribution in [0.2, 0.25) is 0 Å². The molecule has 4 aliphatic rings. The summed E-state index contributed by atoms with van der Waals surface area (Å²) in [7, 11) is 1.32. The fourth-order valence-electron chi connectivity index (χ4n) is 4.86. The number of carbonyl (C=O) groups excluding carboxylic acids is 6. The van der Waals surface area contributed by atoms with Crippen molar-refractivity contribution in [2.75, 3.05) is 85.6 Å². The van der Waals surface area contributed by atoms with E-state index in [1.54, 1.807) is 19.6 Å². The van der Waals surface area contributed by atoms with E-state index in [9.17, 15) is 28.8 Å². The molecule has 5 amide bonds. The molecule has 0 saturated carbocycles. The van der Waals surface area contributed by atoms with Crippen LogP contribution < -0.4 is 5.32 Å². The molecule has 1 N–H and O–H groups in total. The van der Waals surface area contributed by atoms with E-state index in [-0.39, 0.29) is 54.6 Å². The number of ether oxygens (including phenoxy) is 3. The zero-order valence-corrected chi connectivity index (χ0v) is 28.7. The maximum absolute atomic E-state index is 12.2. The van der Waals surface area contributed by atoms with Crippen LogP contribution in [0.3, 0.4) is 0 Å². The molecule has 262 valence electrons. The van der Waals surface area contributed by atoms with Crippen molar-refractivity contribution in [3.8, 4) is 0 Å². The molecule has 4 fully saturated rings. The lowest BCUT2D eigenvalue weighted by Crippen LogP contribution is -2.53. The van der Waals surface area contributed by atoms with Crippen LogP contribution in [-0.2, 0) is 33.4 Å². The normalized spacial score (nSPS) is 18.7. The first-order valence-corrected chi connectivity index (χ1v) is 16.1. The minimum Gasteiger partial charge on any atom is -0.468 e. The van der Waals surface area contributed by atoms with Crippen molar-refractivity contribution in [2.24, 2.45) is 0 Å². The molecule has 15 heteroatoms. The second kappa shape index (κ2) is 17.9. The highest BCUT2D eigenvalue weighted by atomic mass is 16.6. The van der Waals surface area contributed by atoms with E-state index in [2.05, 4.69) is 10.1 Å². The number of esters is 1. The van der Waals surface area contributed by atoms with Crippen LogP contribution >= 0.6 is 0 Å². The largest absolute Gasteiger partial charge is 0.468 e. The SMILES string of the molecule is CC(C)(C)OC(=O)N1CCN(C(=O)CN2CCCC2=O)CC1.CC(C)(C)OC(=O)N1CCNCC1.COC(=O)CN1CCCC1=O. The topological polar surface area (TPSA) is 158 Å². The molecule has 0 aromatic rings. The van der Waals surface area contributed by atoms with Gasteiger partial charge in [-0.05, 0) is 54.4 Å². The predicted molar refractivity (Wildman–Crippen MR) is 169 cm³/mol. The molecule has 0 aromatic heterocycles. The Hall–Kier alpha value is -3.62. The highest BCUT2D eigenvalue weighted by Gasteiger charge is 2.30. The highest BCUT2D eigenvalue weighted by Crippen LogP contribution is 2.14. The molecule has 4 saturated heterocycles. The molecular formula is C31H54N6O9. The van der Waals surface area contributed by atoms with E-state index in [0.717, 1.165) is 39.0 Å². The van der Waals surface area contributed by atoms with Crippen molar-refractivity contribution in [1.82, 2.24) is 29.8 Å². The lowest BCUT2D eigenvalue weighted by molar-refractivity contribution is -0.145. The summed E-state index contributed by atoms with van der Waals surface area (Å²) in [5.74, 6) is -0.282. The third-order valence-electron chi connectivity index (χ3n) is 7.27. The Balaban J connectivity index is 0.000000261. The molecule has 0 aliphatic carbocycles. The monoisotopic (exact) mass is 654 g/mol. The summed E-state index contributed by atoms with van der Waals surface area (Å²) in [6.45, 7) is 17.9. The first kappa shape index (κ1) is 38.6. The lowest BCUT2D eigenvalue weighted by atomic mass is 10.2. The minimum absolute atomic E-state index is 0.0425. The molecule has 4 aliphatic heterocycles. The lowest BCUT2D eigenvalue weighted by Gasteiger charge is -2.36. The Morgan fingerprint density at radius 2 is 1.04 bits per heavy atom. The van der Waals surface area contributed by atoms with Crippen molar-refractivity contribution >= 4 is 35.9 Å². The van der Waals surface area contributed by atoms with Gasteiger partial charge in [0.2, 0.25) is 17.7 Å². The van der Waals surface area contributed by atoms with Gasteiger partial charge in [-0.3, -0.25) is 19.2 Å². The van der Waals surface area contributed by atoms with Gasteiger partial charge in [-0.15, -0.1) is 0 Å². The summed E-state index contributed by atoms with van der Waals surface area (Å²) >= 11 is 0. The van der Waals surface area contributed by atoms with Crippen LogP contribution in [0.4, 0.5) is 9.59 Å². The molecule has 0 atom stereocenters. The van der Waals surface area contributed by atoms with Crippen LogP contribution in [0.1, 0.15) is 67.2 Å². The molecule has 4 rings (SSSR count). The number of amides is 5. The van der Waals surface area contributed by atoms with Gasteiger partial charge < -0.3 is 44.0 Å². The van der Waals surface area contributed by atoms with Gasteiger partial charge in [-0.2, -0.15) is 0 Å². The molecule has 0 spiro atoms. The number of nitrogens with zero attached hydrogens (tertiary/aromatic N) is 5. The number of piperazine rings is 2. The van der Waals surface area contributed by atoms with Gasteiger partial charge in [-0.25, -0.2) is 9.59 Å². The highest BCUT2D eigenvalue weighted by molar-refractivity contribution is 5.86. The van der Waals surface area contributed by atoms with Crippen molar-refractivity contribution in [2.45, 2.75) is 78.4 Å². The quantitative estimate of drug-likeness (QED) is 0.346. The standard InChI is InChI=1S/C15H25N3O4.C9H18N2O2.C7H11NO3/c1-15(2,3)22-14(21)17-9-7-16(8-10-17)13(20)11-18-6-4-5-12(18)19;1-9(2,3)13-8(12)11-6-4-10-5-7-11;1-11-7(10)5-8-4-2-3-6(8)9/h4-11H2,1-3H3;10H,4-7H2,1-3H3;2-5H2,1H3. The van der Waals surface area contributed by atoms with Gasteiger partial charge in [0, 0.05) is 78.3 Å². The van der Waals surface area contributed by atoms with Crippen LogP contribution in [0, 0.1) is 0 Å². The van der Waals surface area contributed by atoms with Crippen molar-refractivity contribution in [3.63, 3.8) is 0 Å². The smallest absolute Gasteiger partial charge is 0.410 e. The minimum atomic E-state index is -0.514. The number of hydrogen-bond acceptors (Lipinski definition) is 10. The Labute approximate surface area is 272 Å². The first-order valence-electron chi connectivity index (χ1n) is 16.1. The maximum atomic E-state index is 12.2. The van der Waals surface area contributed by atoms with Crippen molar-refractivity contribution in [1.29, 1.82) is 0 Å². The number of hydrogen-bond donors (Lipinski definition) is 1. The average molecular weight is 655 g/mol. The second-order valence-corrected chi connectivity index (χ2v) is 13.5. The molecule has 0 radical (unpaired) electrons. The number of methoxy groups -OCH3 is 1. The van der Waals surface area contributed by atoms with Crippen LogP contribution in [0.25, 0.3) is 0 Å². The van der Waals surface area contributed by atoms with E-state index >= 15 is 0 Å². The molecule has 0 aromatic carbocycles. The summed E-state index contributed by atoms with van der Waals surface area (Å²) in [5.41, 5.74) is -0.901. The Bertz CT molecular complexity index is 1060. The Kier molecular flexibility index (Phi) is 15.0. The third-order valence-corrected chi connectivity index (χ3v) is 7.27. The summed E-state index contributed by atoms with van der Waals surface area (Å²) in [6, 6.07) is 0. The van der Waals surface area contributed by atoms with Crippen LogP contribution in [0.5, 0.6) is 0 Å². The fourth-order valence-corrected chi connectivity index (χ4v) is 4.86. The second-order valence-electron chi connectivity index (χ2n) is 13.5. The van der Waals surface area contributed by atoms with Gasteiger partial charge >= 0.3 is 18.2 Å². The predicted octanol–water partition coefficient (Wildman–Crippen LogP) is 1.30. The van der Waals surface area contributed by atoms with Gasteiger partial charge in [-0.1, -0.05) is 0 Å². The summed E-state index contributed by atoms with van der Waals surface area (Å²) < 4.78 is 15.0. The Morgan fingerprint density at radius 3 is 1.43 bits per heavy atom. The van der Waals surface area contributed by atoms with E-state index in [4.69, 9.17) is 9.47 Å². The molecule has 4 heterocycles. The number of nitrogens with one attached hydrogen (secondary N) is 1. The third kappa shape index (κ3) is 14.2. The molecule has 46 heavy (non-hydrogen) atoms. The number of carbonyl (C=O) groups is 6. The zero-order chi connectivity index (χ0) is 34.5. The average Bonchev–Trinajstić information content (AvgIpc) is 3.59. The van der Waals surface area contributed by atoms with E-state index in [1.165, 1.54) is 12.0 Å². The van der Waals surface area contributed by atoms with Gasteiger partial charge in [0.1, 0.15) is 17.7 Å². The molecule has 0 bridgehead atoms. The van der Waals surface area contributed by atoms with Gasteiger partial charge in [0.25, 0.3) is 0 Å². The molecule has 15 nitrogen and oxygen atoms in total. The number of likely N-dealkylation sites (tertiary alicyclic amines) is 2. The summed E-state index contributed by atoms with van der Waals surface area (Å²) in [6.07, 6.45) is 2.26. The van der Waals surface area contributed by atoms with Crippen molar-refractivity contribution in [3.05, 3.63) is 0 Å². The van der Waals surface area contributed by atoms with E-state index in [1.807, 2.05) is 41.5 Å². The zero-order valence-electron chi connectivity index (χ0n) is 28.7.